The second-order valence-corrected chi connectivity index (χ2v) is 4.01. The van der Waals surface area contributed by atoms with Gasteiger partial charge in [-0.05, 0) is 25.1 Å². The quantitative estimate of drug-likeness (QED) is 0.840. The van der Waals surface area contributed by atoms with E-state index in [2.05, 4.69) is 4.98 Å². The Morgan fingerprint density at radius 2 is 2.00 bits per heavy atom. The first-order chi connectivity index (χ1) is 8.69. The van der Waals surface area contributed by atoms with Crippen LogP contribution in [0.2, 0.25) is 0 Å². The molecule has 0 radical (unpaired) electrons. The van der Waals surface area contributed by atoms with E-state index in [9.17, 15) is 0 Å². The molecule has 0 unspecified atom stereocenters. The van der Waals surface area contributed by atoms with Gasteiger partial charge in [-0.15, -0.1) is 0 Å². The fourth-order valence-corrected chi connectivity index (χ4v) is 1.55. The summed E-state index contributed by atoms with van der Waals surface area (Å²) in [6, 6.07) is 9.27. The fourth-order valence-electron chi connectivity index (χ4n) is 1.55. The first-order valence-corrected chi connectivity index (χ1v) is 5.67. The molecule has 2 rings (SSSR count). The molecule has 4 heteroatoms. The number of nitrogen functional groups attached to an aromatic ring is 1. The molecule has 0 aliphatic heterocycles. The Morgan fingerprint density at radius 1 is 1.17 bits per heavy atom. The zero-order valence-electron chi connectivity index (χ0n) is 10.5. The molecule has 0 aliphatic rings. The molecule has 94 valence electrons. The van der Waals surface area contributed by atoms with Gasteiger partial charge in [0.05, 0.1) is 7.11 Å². The van der Waals surface area contributed by atoms with Crippen LogP contribution in [0.3, 0.4) is 0 Å². The summed E-state index contributed by atoms with van der Waals surface area (Å²) in [7, 11) is 1.59. The minimum atomic E-state index is 0.452. The lowest BCUT2D eigenvalue weighted by Gasteiger charge is -2.11. The molecule has 0 spiro atoms. The summed E-state index contributed by atoms with van der Waals surface area (Å²) in [6.45, 7) is 2.40. The zero-order chi connectivity index (χ0) is 13.0. The highest BCUT2D eigenvalue weighted by Gasteiger charge is 2.05. The minimum absolute atomic E-state index is 0.452. The van der Waals surface area contributed by atoms with E-state index in [1.807, 2.05) is 19.1 Å². The molecule has 0 aliphatic carbocycles. The third-order valence-corrected chi connectivity index (χ3v) is 2.55. The van der Waals surface area contributed by atoms with Crippen LogP contribution in [0.5, 0.6) is 11.5 Å². The van der Waals surface area contributed by atoms with Gasteiger partial charge in [0.2, 0.25) is 0 Å². The van der Waals surface area contributed by atoms with Crippen molar-refractivity contribution in [1.29, 1.82) is 0 Å². The van der Waals surface area contributed by atoms with Crippen LogP contribution in [-0.4, -0.2) is 12.1 Å². The smallest absolute Gasteiger partial charge is 0.162 e. The molecule has 1 heterocycles. The Bertz CT molecular complexity index is 524. The number of hydrogen-bond donors (Lipinski definition) is 1. The number of nitrogens with zero attached hydrogens (tertiary/aromatic N) is 1. The molecule has 4 nitrogen and oxygen atoms in total. The summed E-state index contributed by atoms with van der Waals surface area (Å²) in [4.78, 5) is 4.22. The van der Waals surface area contributed by atoms with Crippen molar-refractivity contribution in [2.24, 2.45) is 0 Å². The van der Waals surface area contributed by atoms with Gasteiger partial charge in [0, 0.05) is 29.2 Å². The molecule has 0 bridgehead atoms. The van der Waals surface area contributed by atoms with E-state index < -0.39 is 0 Å². The van der Waals surface area contributed by atoms with Crippen LogP contribution in [0.15, 0.2) is 36.5 Å². The first kappa shape index (κ1) is 12.2. The molecule has 0 saturated heterocycles. The van der Waals surface area contributed by atoms with Crippen molar-refractivity contribution in [1.82, 2.24) is 4.98 Å². The van der Waals surface area contributed by atoms with Gasteiger partial charge in [0.15, 0.2) is 11.5 Å². The van der Waals surface area contributed by atoms with Gasteiger partial charge in [-0.1, -0.05) is 6.07 Å². The molecule has 0 saturated carbocycles. The van der Waals surface area contributed by atoms with Crippen LogP contribution >= 0.6 is 0 Å². The van der Waals surface area contributed by atoms with Crippen molar-refractivity contribution in [3.8, 4) is 11.5 Å². The van der Waals surface area contributed by atoms with E-state index in [0.29, 0.717) is 23.8 Å². The van der Waals surface area contributed by atoms with E-state index >= 15 is 0 Å². The predicted molar refractivity (Wildman–Crippen MR) is 70.7 cm³/mol. The van der Waals surface area contributed by atoms with Crippen molar-refractivity contribution in [2.45, 2.75) is 13.5 Å². The van der Waals surface area contributed by atoms with Crippen molar-refractivity contribution in [2.75, 3.05) is 12.8 Å². The largest absolute Gasteiger partial charge is 0.493 e. The standard InChI is InChI=1S/C14H16N2O2/c1-10-3-4-11(8-16-10)9-18-13-6-5-12(15)7-14(13)17-2/h3-8H,9,15H2,1-2H3. The highest BCUT2D eigenvalue weighted by molar-refractivity contribution is 5.51. The summed E-state index contributed by atoms with van der Waals surface area (Å²) in [5, 5.41) is 0. The van der Waals surface area contributed by atoms with Gasteiger partial charge >= 0.3 is 0 Å². The molecule has 2 aromatic rings. The van der Waals surface area contributed by atoms with Gasteiger partial charge in [0.25, 0.3) is 0 Å². The summed E-state index contributed by atoms with van der Waals surface area (Å²) >= 11 is 0. The number of pyridine rings is 1. The van der Waals surface area contributed by atoms with Crippen LogP contribution in [0.1, 0.15) is 11.3 Å². The SMILES string of the molecule is COc1cc(N)ccc1OCc1ccc(C)nc1. The second-order valence-electron chi connectivity index (χ2n) is 4.01. The summed E-state index contributed by atoms with van der Waals surface area (Å²) in [5.74, 6) is 1.31. The van der Waals surface area contributed by atoms with Crippen molar-refractivity contribution >= 4 is 5.69 Å². The monoisotopic (exact) mass is 244 g/mol. The number of aromatic nitrogens is 1. The molecule has 18 heavy (non-hydrogen) atoms. The molecule has 2 N–H and O–H groups in total. The summed E-state index contributed by atoms with van der Waals surface area (Å²) in [6.07, 6.45) is 1.80. The maximum Gasteiger partial charge on any atom is 0.162 e. The molecule has 1 aromatic carbocycles. The second kappa shape index (κ2) is 5.40. The van der Waals surface area contributed by atoms with Crippen LogP contribution in [0.4, 0.5) is 5.69 Å². The van der Waals surface area contributed by atoms with Gasteiger partial charge in [-0.25, -0.2) is 0 Å². The lowest BCUT2D eigenvalue weighted by molar-refractivity contribution is 0.284. The Labute approximate surface area is 106 Å². The highest BCUT2D eigenvalue weighted by Crippen LogP contribution is 2.29. The number of anilines is 1. The summed E-state index contributed by atoms with van der Waals surface area (Å²) < 4.78 is 10.9. The number of rotatable bonds is 4. The fraction of sp³-hybridized carbons (Fsp3) is 0.214. The Kier molecular flexibility index (Phi) is 3.67. The average molecular weight is 244 g/mol. The minimum Gasteiger partial charge on any atom is -0.493 e. The van der Waals surface area contributed by atoms with Crippen molar-refractivity contribution in [3.05, 3.63) is 47.8 Å². The van der Waals surface area contributed by atoms with Crippen molar-refractivity contribution < 1.29 is 9.47 Å². The van der Waals surface area contributed by atoms with Crippen LogP contribution in [0, 0.1) is 6.92 Å². The zero-order valence-corrected chi connectivity index (χ0v) is 10.5. The number of ether oxygens (including phenoxy) is 2. The maximum absolute atomic E-state index is 5.69. The molecule has 1 aromatic heterocycles. The van der Waals surface area contributed by atoms with E-state index in [0.717, 1.165) is 11.3 Å². The Morgan fingerprint density at radius 3 is 2.67 bits per heavy atom. The van der Waals surface area contributed by atoms with Crippen LogP contribution < -0.4 is 15.2 Å². The number of nitrogens with two attached hydrogens (primary N) is 1. The van der Waals surface area contributed by atoms with Crippen molar-refractivity contribution in [3.63, 3.8) is 0 Å². The molecular weight excluding hydrogens is 228 g/mol. The number of benzene rings is 1. The first-order valence-electron chi connectivity index (χ1n) is 5.67. The summed E-state index contributed by atoms with van der Waals surface area (Å²) in [5.41, 5.74) is 8.33. The highest BCUT2D eigenvalue weighted by atomic mass is 16.5. The normalized spacial score (nSPS) is 10.1. The Balaban J connectivity index is 2.08. The molecular formula is C14H16N2O2. The maximum atomic E-state index is 5.69. The molecule has 0 amide bonds. The number of aryl methyl sites for hydroxylation is 1. The predicted octanol–water partition coefficient (Wildman–Crippen LogP) is 2.56. The third-order valence-electron chi connectivity index (χ3n) is 2.55. The van der Waals surface area contributed by atoms with Crippen LogP contribution in [0.25, 0.3) is 0 Å². The lowest BCUT2D eigenvalue weighted by atomic mass is 10.2. The third kappa shape index (κ3) is 2.91. The van der Waals surface area contributed by atoms with E-state index in [1.54, 1.807) is 31.5 Å². The van der Waals surface area contributed by atoms with E-state index in [1.165, 1.54) is 0 Å². The van der Waals surface area contributed by atoms with Gasteiger partial charge < -0.3 is 15.2 Å². The van der Waals surface area contributed by atoms with Gasteiger partial charge in [-0.3, -0.25) is 4.98 Å². The number of hydrogen-bond acceptors (Lipinski definition) is 4. The average Bonchev–Trinajstić information content (AvgIpc) is 2.39. The topological polar surface area (TPSA) is 57.4 Å². The number of methoxy groups -OCH3 is 1. The Hall–Kier alpha value is -2.23. The molecule has 0 atom stereocenters. The lowest BCUT2D eigenvalue weighted by Crippen LogP contribution is -1.99. The van der Waals surface area contributed by atoms with Crippen LogP contribution in [-0.2, 0) is 6.61 Å². The van der Waals surface area contributed by atoms with E-state index in [-0.39, 0.29) is 0 Å². The van der Waals surface area contributed by atoms with E-state index in [4.69, 9.17) is 15.2 Å². The molecule has 0 fully saturated rings. The van der Waals surface area contributed by atoms with Gasteiger partial charge in [0.1, 0.15) is 6.61 Å². The van der Waals surface area contributed by atoms with Gasteiger partial charge in [-0.2, -0.15) is 0 Å².